The Balaban J connectivity index is 1.23. The molecule has 0 spiro atoms. The van der Waals surface area contributed by atoms with Crippen molar-refractivity contribution in [3.8, 4) is 0 Å². The Labute approximate surface area is 305 Å². The number of hydrogen-bond donors (Lipinski definition) is 0. The van der Waals surface area contributed by atoms with E-state index in [2.05, 4.69) is 6.92 Å². The number of aromatic nitrogens is 1. The molecule has 252 valence electrons. The zero-order chi connectivity index (χ0) is 35.7. The Morgan fingerprint density at radius 2 is 1.33 bits per heavy atom. The maximum Gasteiger partial charge on any atom is 0.266 e. The summed E-state index contributed by atoms with van der Waals surface area (Å²) in [7, 11) is 0. The molecule has 8 rings (SSSR count). The van der Waals surface area contributed by atoms with Crippen LogP contribution < -0.4 is 4.90 Å². The van der Waals surface area contributed by atoms with Crippen LogP contribution in [0.2, 0.25) is 10.0 Å². The summed E-state index contributed by atoms with van der Waals surface area (Å²) in [6, 6.07) is 20.8. The number of imide groups is 2. The highest BCUT2D eigenvalue weighted by atomic mass is 35.5. The van der Waals surface area contributed by atoms with Crippen molar-refractivity contribution in [2.24, 2.45) is 0 Å². The molecular weight excluding hydrogens is 709 g/mol. The van der Waals surface area contributed by atoms with Crippen LogP contribution in [0.1, 0.15) is 99.1 Å². The maximum atomic E-state index is 13.9. The zero-order valence-corrected chi connectivity index (χ0v) is 29.2. The number of ketones is 2. The number of amides is 4. The molecule has 12 heteroatoms. The van der Waals surface area contributed by atoms with Crippen LogP contribution >= 0.6 is 35.0 Å². The molecule has 3 aliphatic rings. The lowest BCUT2D eigenvalue weighted by molar-refractivity contribution is 0.0641. The van der Waals surface area contributed by atoms with Crippen LogP contribution in [-0.4, -0.2) is 50.8 Å². The predicted octanol–water partition coefficient (Wildman–Crippen LogP) is 8.19. The summed E-state index contributed by atoms with van der Waals surface area (Å²) in [6.07, 6.45) is 2.05. The van der Waals surface area contributed by atoms with Crippen molar-refractivity contribution in [1.82, 2.24) is 9.88 Å². The van der Waals surface area contributed by atoms with Crippen LogP contribution in [0.15, 0.2) is 83.8 Å². The number of halogens is 2. The number of pyridine rings is 1. The number of carbonyl (C=O) groups is 6. The van der Waals surface area contributed by atoms with Gasteiger partial charge in [0, 0.05) is 21.4 Å². The summed E-state index contributed by atoms with van der Waals surface area (Å²) in [5.74, 6) is -3.40. The van der Waals surface area contributed by atoms with Gasteiger partial charge in [-0.05, 0) is 72.3 Å². The van der Waals surface area contributed by atoms with Crippen molar-refractivity contribution in [3.05, 3.63) is 134 Å². The maximum absolute atomic E-state index is 13.9. The van der Waals surface area contributed by atoms with E-state index in [0.717, 1.165) is 33.3 Å². The average Bonchev–Trinajstić information content (AvgIpc) is 3.63. The second-order valence-electron chi connectivity index (χ2n) is 12.4. The van der Waals surface area contributed by atoms with Crippen LogP contribution in [0.25, 0.3) is 10.9 Å². The van der Waals surface area contributed by atoms with Crippen LogP contribution in [0.3, 0.4) is 0 Å². The van der Waals surface area contributed by atoms with Gasteiger partial charge in [0.2, 0.25) is 0 Å². The number of nitrogens with zero attached hydrogens (tertiary/aromatic N) is 3. The molecule has 1 atom stereocenters. The Morgan fingerprint density at radius 1 is 0.686 bits per heavy atom. The second-order valence-corrected chi connectivity index (χ2v) is 14.4. The van der Waals surface area contributed by atoms with Gasteiger partial charge in [0.15, 0.2) is 11.6 Å². The Morgan fingerprint density at radius 3 is 1.98 bits per heavy atom. The molecular formula is C39H25Cl2N3O6S. The largest absolute Gasteiger partial charge is 0.293 e. The molecule has 0 radical (unpaired) electrons. The number of benzene rings is 4. The summed E-state index contributed by atoms with van der Waals surface area (Å²) in [5.41, 5.74) is 2.15. The fourth-order valence-corrected chi connectivity index (χ4v) is 8.19. The molecule has 0 saturated carbocycles. The molecule has 0 fully saturated rings. The van der Waals surface area contributed by atoms with Gasteiger partial charge in [-0.25, -0.2) is 9.88 Å². The smallest absolute Gasteiger partial charge is 0.266 e. The molecule has 3 heterocycles. The first-order valence-corrected chi connectivity index (χ1v) is 17.9. The van der Waals surface area contributed by atoms with Gasteiger partial charge in [0.25, 0.3) is 23.6 Å². The van der Waals surface area contributed by atoms with E-state index in [1.165, 1.54) is 18.2 Å². The zero-order valence-electron chi connectivity index (χ0n) is 26.9. The number of carbonyl (C=O) groups excluding carboxylic acids is 6. The monoisotopic (exact) mass is 733 g/mol. The summed E-state index contributed by atoms with van der Waals surface area (Å²) >= 11 is 14.0. The second kappa shape index (κ2) is 12.6. The highest BCUT2D eigenvalue weighted by molar-refractivity contribution is 7.99. The SMILES string of the molecule is CCCCSc1ccc2c(c1)C(=O)C(c1ccc3c(CN4C(=O)c5ccccc5C4=O)ccc(N4C(=O)c5cc(Cl)c(Cl)cc5C4=O)c3n1)C2=O. The van der Waals surface area contributed by atoms with Gasteiger partial charge in [0.05, 0.1) is 55.7 Å². The van der Waals surface area contributed by atoms with E-state index in [1.807, 2.05) is 6.07 Å². The molecule has 1 aliphatic carbocycles. The Bertz CT molecular complexity index is 2370. The molecule has 0 N–H and O–H groups in total. The lowest BCUT2D eigenvalue weighted by Crippen LogP contribution is -2.31. The number of anilines is 1. The third-order valence-corrected chi connectivity index (χ3v) is 11.2. The summed E-state index contributed by atoms with van der Waals surface area (Å²) < 4.78 is 0. The van der Waals surface area contributed by atoms with E-state index < -0.39 is 41.1 Å². The number of rotatable bonds is 8. The van der Waals surface area contributed by atoms with Crippen LogP contribution in [-0.2, 0) is 6.54 Å². The van der Waals surface area contributed by atoms with E-state index >= 15 is 0 Å². The molecule has 1 unspecified atom stereocenters. The minimum absolute atomic E-state index is 0.0537. The molecule has 5 aromatic rings. The third kappa shape index (κ3) is 5.20. The van der Waals surface area contributed by atoms with Crippen LogP contribution in [0, 0.1) is 0 Å². The van der Waals surface area contributed by atoms with E-state index in [1.54, 1.807) is 66.4 Å². The van der Waals surface area contributed by atoms with Gasteiger partial charge in [-0.2, -0.15) is 0 Å². The van der Waals surface area contributed by atoms with Crippen molar-refractivity contribution in [2.75, 3.05) is 10.7 Å². The van der Waals surface area contributed by atoms with Crippen LogP contribution in [0.5, 0.6) is 0 Å². The van der Waals surface area contributed by atoms with Crippen molar-refractivity contribution in [3.63, 3.8) is 0 Å². The van der Waals surface area contributed by atoms with Crippen molar-refractivity contribution in [2.45, 2.75) is 37.1 Å². The molecule has 4 aromatic carbocycles. The highest BCUT2D eigenvalue weighted by Crippen LogP contribution is 2.41. The quantitative estimate of drug-likeness (QED) is 0.0677. The lowest BCUT2D eigenvalue weighted by Gasteiger charge is -2.21. The lowest BCUT2D eigenvalue weighted by atomic mass is 9.97. The minimum Gasteiger partial charge on any atom is -0.293 e. The first kappa shape index (κ1) is 33.0. The van der Waals surface area contributed by atoms with Gasteiger partial charge in [-0.3, -0.25) is 33.7 Å². The van der Waals surface area contributed by atoms with E-state index in [9.17, 15) is 28.8 Å². The number of thioether (sulfide) groups is 1. The third-order valence-electron chi connectivity index (χ3n) is 9.43. The molecule has 51 heavy (non-hydrogen) atoms. The van der Waals surface area contributed by atoms with Gasteiger partial charge in [-0.1, -0.05) is 60.8 Å². The van der Waals surface area contributed by atoms with Gasteiger partial charge >= 0.3 is 0 Å². The first-order valence-electron chi connectivity index (χ1n) is 16.2. The van der Waals surface area contributed by atoms with E-state index in [0.29, 0.717) is 22.1 Å². The number of unbranched alkanes of at least 4 members (excludes halogenated alkanes) is 1. The molecule has 0 bridgehead atoms. The average molecular weight is 735 g/mol. The predicted molar refractivity (Wildman–Crippen MR) is 193 cm³/mol. The molecule has 9 nitrogen and oxygen atoms in total. The van der Waals surface area contributed by atoms with E-state index in [4.69, 9.17) is 28.2 Å². The molecule has 1 aromatic heterocycles. The fraction of sp³-hybridized carbons (Fsp3) is 0.154. The van der Waals surface area contributed by atoms with Gasteiger partial charge < -0.3 is 0 Å². The first-order chi connectivity index (χ1) is 24.6. The van der Waals surface area contributed by atoms with Gasteiger partial charge in [-0.15, -0.1) is 11.8 Å². The van der Waals surface area contributed by atoms with Crippen LogP contribution in [0.4, 0.5) is 5.69 Å². The standard InChI is InChI=1S/C39H25Cl2N3O6S/c1-2-3-14-51-20-9-10-22-25(15-20)35(46)32(34(22)45)30-12-11-21-19(18-43-36(47)23-6-4-5-7-24(23)37(43)48)8-13-31(33(21)42-30)44-38(49)26-16-28(40)29(41)17-27(26)39(44)50/h4-13,15-17,32H,2-3,14,18H2,1H3. The van der Waals surface area contributed by atoms with E-state index in [-0.39, 0.29) is 55.7 Å². The Hall–Kier alpha value is -5.16. The number of Topliss-reactive ketones (excluding diaryl/α,β-unsaturated/α-hetero) is 2. The van der Waals surface area contributed by atoms with Crippen molar-refractivity contribution in [1.29, 1.82) is 0 Å². The topological polar surface area (TPSA) is 122 Å². The minimum atomic E-state index is -1.24. The number of hydrogen-bond acceptors (Lipinski definition) is 8. The molecule has 0 saturated heterocycles. The van der Waals surface area contributed by atoms with Crippen molar-refractivity contribution >= 4 is 86.7 Å². The van der Waals surface area contributed by atoms with Gasteiger partial charge in [0.1, 0.15) is 5.92 Å². The summed E-state index contributed by atoms with van der Waals surface area (Å²) in [4.78, 5) is 89.5. The normalized spacial score (nSPS) is 16.5. The molecule has 4 amide bonds. The fourth-order valence-electron chi connectivity index (χ4n) is 6.83. The summed E-state index contributed by atoms with van der Waals surface area (Å²) in [5, 5.41) is 0.611. The highest BCUT2D eigenvalue weighted by Gasteiger charge is 2.43. The number of fused-ring (bicyclic) bond motifs is 4. The molecule has 2 aliphatic heterocycles. The Kier molecular flexibility index (Phi) is 8.13. The van der Waals surface area contributed by atoms with Crippen molar-refractivity contribution < 1.29 is 28.8 Å². The summed E-state index contributed by atoms with van der Waals surface area (Å²) in [6.45, 7) is 1.97.